The molecule has 1 heterocycles. The first-order valence-corrected chi connectivity index (χ1v) is 7.21. The molecule has 24 heavy (non-hydrogen) atoms. The summed E-state index contributed by atoms with van der Waals surface area (Å²) >= 11 is 0. The van der Waals surface area contributed by atoms with E-state index < -0.39 is 0 Å². The Morgan fingerprint density at radius 3 is 2.42 bits per heavy atom. The van der Waals surface area contributed by atoms with Crippen LogP contribution in [0.2, 0.25) is 0 Å². The molecule has 0 spiro atoms. The number of aromatic hydroxyl groups is 1. The Morgan fingerprint density at radius 1 is 0.917 bits per heavy atom. The zero-order valence-corrected chi connectivity index (χ0v) is 13.3. The van der Waals surface area contributed by atoms with Crippen LogP contribution in [0.15, 0.2) is 55.0 Å². The second-order valence-electron chi connectivity index (χ2n) is 4.87. The van der Waals surface area contributed by atoms with Crippen LogP contribution in [-0.2, 0) is 0 Å². The van der Waals surface area contributed by atoms with Gasteiger partial charge in [0.05, 0.1) is 20.4 Å². The molecule has 1 N–H and O–H groups in total. The largest absolute Gasteiger partial charge is 0.507 e. The van der Waals surface area contributed by atoms with Gasteiger partial charge in [0, 0.05) is 11.6 Å². The van der Waals surface area contributed by atoms with E-state index in [1.165, 1.54) is 19.5 Å². The minimum absolute atomic E-state index is 0.0397. The number of nitrogens with zero attached hydrogens (tertiary/aromatic N) is 2. The molecule has 3 rings (SSSR count). The predicted octanol–water partition coefficient (Wildman–Crippen LogP) is 3.66. The molecule has 0 saturated carbocycles. The molecule has 0 fully saturated rings. The van der Waals surface area contributed by atoms with Crippen LogP contribution in [0.3, 0.4) is 0 Å². The number of benzene rings is 2. The Bertz CT molecular complexity index is 852. The lowest BCUT2D eigenvalue weighted by atomic mass is 10.1. The normalized spacial score (nSPS) is 10.2. The lowest BCUT2D eigenvalue weighted by molar-refractivity contribution is 0.378. The first-order valence-electron chi connectivity index (χ1n) is 7.21. The smallest absolute Gasteiger partial charge is 0.172 e. The van der Waals surface area contributed by atoms with Gasteiger partial charge in [0.15, 0.2) is 17.2 Å². The number of hydrogen-bond acceptors (Lipinski definition) is 6. The van der Waals surface area contributed by atoms with Crippen molar-refractivity contribution in [1.82, 2.24) is 9.97 Å². The summed E-state index contributed by atoms with van der Waals surface area (Å²) < 4.78 is 16.3. The van der Waals surface area contributed by atoms with Gasteiger partial charge in [0.1, 0.15) is 23.5 Å². The minimum atomic E-state index is 0.0397. The van der Waals surface area contributed by atoms with E-state index in [-0.39, 0.29) is 5.75 Å². The van der Waals surface area contributed by atoms with E-state index in [1.807, 2.05) is 12.1 Å². The Kier molecular flexibility index (Phi) is 4.47. The van der Waals surface area contributed by atoms with Gasteiger partial charge in [-0.05, 0) is 24.3 Å². The molecule has 0 amide bonds. The van der Waals surface area contributed by atoms with Gasteiger partial charge in [-0.2, -0.15) is 0 Å². The molecule has 0 saturated heterocycles. The van der Waals surface area contributed by atoms with Crippen LogP contribution in [0.4, 0.5) is 0 Å². The fourth-order valence-electron chi connectivity index (χ4n) is 2.25. The van der Waals surface area contributed by atoms with Crippen molar-refractivity contribution in [2.45, 2.75) is 0 Å². The van der Waals surface area contributed by atoms with Crippen LogP contribution in [-0.4, -0.2) is 29.3 Å². The zero-order chi connectivity index (χ0) is 16.9. The number of hydrogen-bond donors (Lipinski definition) is 1. The number of para-hydroxylation sites is 2. The molecule has 0 bridgehead atoms. The summed E-state index contributed by atoms with van der Waals surface area (Å²) in [5.41, 5.74) is 0.985. The molecule has 0 aliphatic rings. The van der Waals surface area contributed by atoms with E-state index in [0.717, 1.165) is 0 Å². The van der Waals surface area contributed by atoms with Crippen molar-refractivity contribution in [3.8, 4) is 40.0 Å². The Morgan fingerprint density at radius 2 is 1.71 bits per heavy atom. The third-order valence-corrected chi connectivity index (χ3v) is 3.43. The summed E-state index contributed by atoms with van der Waals surface area (Å²) in [5.74, 6) is 2.12. The third-order valence-electron chi connectivity index (χ3n) is 3.43. The third kappa shape index (κ3) is 3.08. The maximum Gasteiger partial charge on any atom is 0.172 e. The van der Waals surface area contributed by atoms with Crippen molar-refractivity contribution >= 4 is 0 Å². The average Bonchev–Trinajstić information content (AvgIpc) is 2.63. The van der Waals surface area contributed by atoms with Crippen molar-refractivity contribution < 1.29 is 19.3 Å². The number of aromatic nitrogens is 2. The first-order chi connectivity index (χ1) is 11.7. The molecule has 2 aromatic carbocycles. The summed E-state index contributed by atoms with van der Waals surface area (Å²) in [5, 5.41) is 10.2. The van der Waals surface area contributed by atoms with Crippen LogP contribution in [0, 0.1) is 0 Å². The molecule has 0 unspecified atom stereocenters. The van der Waals surface area contributed by atoms with Gasteiger partial charge < -0.3 is 19.3 Å². The van der Waals surface area contributed by atoms with Crippen LogP contribution >= 0.6 is 0 Å². The Hall–Kier alpha value is -3.28. The van der Waals surface area contributed by atoms with E-state index >= 15 is 0 Å². The van der Waals surface area contributed by atoms with Gasteiger partial charge >= 0.3 is 0 Å². The molecular weight excluding hydrogens is 308 g/mol. The van der Waals surface area contributed by atoms with Gasteiger partial charge in [-0.25, -0.2) is 9.97 Å². The van der Waals surface area contributed by atoms with Crippen LogP contribution in [0.25, 0.3) is 11.3 Å². The quantitative estimate of drug-likeness (QED) is 0.772. The van der Waals surface area contributed by atoms with Crippen molar-refractivity contribution in [3.63, 3.8) is 0 Å². The highest BCUT2D eigenvalue weighted by atomic mass is 16.5. The number of ether oxygens (including phenoxy) is 3. The number of phenolic OH excluding ortho intramolecular Hbond substituents is 1. The molecule has 0 atom stereocenters. The van der Waals surface area contributed by atoms with Crippen molar-refractivity contribution in [2.75, 3.05) is 14.2 Å². The predicted molar refractivity (Wildman–Crippen MR) is 88.8 cm³/mol. The Balaban J connectivity index is 2.03. The van der Waals surface area contributed by atoms with Crippen molar-refractivity contribution in [2.24, 2.45) is 0 Å². The van der Waals surface area contributed by atoms with Crippen LogP contribution in [0.5, 0.6) is 28.7 Å². The fraction of sp³-hybridized carbons (Fsp3) is 0.111. The van der Waals surface area contributed by atoms with E-state index in [2.05, 4.69) is 9.97 Å². The highest BCUT2D eigenvalue weighted by Crippen LogP contribution is 2.39. The maximum atomic E-state index is 10.2. The van der Waals surface area contributed by atoms with Crippen LogP contribution in [0.1, 0.15) is 0 Å². The first kappa shape index (κ1) is 15.6. The molecule has 0 aliphatic heterocycles. The van der Waals surface area contributed by atoms with Crippen molar-refractivity contribution in [3.05, 3.63) is 55.0 Å². The summed E-state index contributed by atoms with van der Waals surface area (Å²) in [6, 6.07) is 12.2. The summed E-state index contributed by atoms with van der Waals surface area (Å²) in [6.07, 6.45) is 2.94. The standard InChI is InChI=1S/C18H16N2O4/c1-22-12-7-8-13(14(21)9-12)18-17(10-19-11-20-18)24-16-6-4-3-5-15(16)23-2/h3-11,21H,1-2H3. The molecule has 1 aromatic heterocycles. The van der Waals surface area contributed by atoms with Gasteiger partial charge in [0.2, 0.25) is 0 Å². The van der Waals surface area contributed by atoms with E-state index in [1.54, 1.807) is 37.6 Å². The number of rotatable bonds is 5. The van der Waals surface area contributed by atoms with Crippen molar-refractivity contribution in [1.29, 1.82) is 0 Å². The molecule has 0 aliphatic carbocycles. The lowest BCUT2D eigenvalue weighted by Gasteiger charge is -2.13. The van der Waals surface area contributed by atoms with E-state index in [4.69, 9.17) is 14.2 Å². The maximum absolute atomic E-state index is 10.2. The van der Waals surface area contributed by atoms with Gasteiger partial charge in [-0.3, -0.25) is 0 Å². The van der Waals surface area contributed by atoms with Gasteiger partial charge in [-0.1, -0.05) is 12.1 Å². The van der Waals surface area contributed by atoms with Gasteiger partial charge in [-0.15, -0.1) is 0 Å². The highest BCUT2D eigenvalue weighted by Gasteiger charge is 2.15. The van der Waals surface area contributed by atoms with Gasteiger partial charge in [0.25, 0.3) is 0 Å². The van der Waals surface area contributed by atoms with E-state index in [9.17, 15) is 5.11 Å². The SMILES string of the molecule is COc1ccc(-c2ncncc2Oc2ccccc2OC)c(O)c1. The number of methoxy groups -OCH3 is 2. The topological polar surface area (TPSA) is 73.7 Å². The summed E-state index contributed by atoms with van der Waals surface area (Å²) in [7, 11) is 3.11. The molecule has 6 nitrogen and oxygen atoms in total. The molecule has 3 aromatic rings. The number of phenols is 1. The minimum Gasteiger partial charge on any atom is -0.507 e. The fourth-order valence-corrected chi connectivity index (χ4v) is 2.25. The molecular formula is C18H16N2O4. The monoisotopic (exact) mass is 324 g/mol. The molecule has 0 radical (unpaired) electrons. The summed E-state index contributed by atoms with van der Waals surface area (Å²) in [6.45, 7) is 0. The second-order valence-corrected chi connectivity index (χ2v) is 4.87. The molecule has 122 valence electrons. The van der Waals surface area contributed by atoms with E-state index in [0.29, 0.717) is 34.3 Å². The second kappa shape index (κ2) is 6.87. The molecule has 6 heteroatoms. The summed E-state index contributed by atoms with van der Waals surface area (Å²) in [4.78, 5) is 8.24. The average molecular weight is 324 g/mol. The Labute approximate surface area is 139 Å². The lowest BCUT2D eigenvalue weighted by Crippen LogP contribution is -1.95. The zero-order valence-electron chi connectivity index (χ0n) is 13.3. The highest BCUT2D eigenvalue weighted by molar-refractivity contribution is 5.73. The van der Waals surface area contributed by atoms with Crippen LogP contribution < -0.4 is 14.2 Å².